The lowest BCUT2D eigenvalue weighted by Gasteiger charge is -2.04. The van der Waals surface area contributed by atoms with Crippen molar-refractivity contribution in [2.24, 2.45) is 0 Å². The molecule has 0 aliphatic rings. The van der Waals surface area contributed by atoms with Crippen molar-refractivity contribution < 1.29 is 0 Å². The van der Waals surface area contributed by atoms with Crippen molar-refractivity contribution >= 4 is 0 Å². The molecule has 0 aliphatic carbocycles. The minimum absolute atomic E-state index is 1.02. The highest BCUT2D eigenvalue weighted by molar-refractivity contribution is 4.77. The number of hydrogen-bond donors (Lipinski definition) is 1. The molecule has 1 N–H and O–H groups in total. The molecule has 1 rings (SSSR count). The van der Waals surface area contributed by atoms with Crippen LogP contribution in [0.25, 0.3) is 0 Å². The molecule has 0 unspecified atom stereocenters. The Hall–Kier alpha value is -0.830. The maximum atomic E-state index is 4.16. The topological polar surface area (TPSA) is 29.9 Å². The third-order valence-electron chi connectivity index (χ3n) is 2.51. The van der Waals surface area contributed by atoms with Crippen LogP contribution in [0.3, 0.4) is 0 Å². The predicted octanol–water partition coefficient (Wildman–Crippen LogP) is 2.44. The van der Waals surface area contributed by atoms with E-state index < -0.39 is 0 Å². The van der Waals surface area contributed by atoms with E-state index in [0.717, 1.165) is 19.5 Å². The minimum Gasteiger partial charge on any atom is -0.317 e. The third kappa shape index (κ3) is 6.28. The first-order valence-electron chi connectivity index (χ1n) is 6.11. The fourth-order valence-electron chi connectivity index (χ4n) is 1.60. The molecule has 3 nitrogen and oxygen atoms in total. The maximum Gasteiger partial charge on any atom is 0.0489 e. The second kappa shape index (κ2) is 8.48. The zero-order valence-electron chi connectivity index (χ0n) is 9.78. The normalized spacial score (nSPS) is 10.7. The van der Waals surface area contributed by atoms with Gasteiger partial charge in [0, 0.05) is 18.9 Å². The summed E-state index contributed by atoms with van der Waals surface area (Å²) in [5.41, 5.74) is 0. The Morgan fingerprint density at radius 3 is 2.73 bits per heavy atom. The first-order valence-corrected chi connectivity index (χ1v) is 6.11. The lowest BCUT2D eigenvalue weighted by Crippen LogP contribution is -2.18. The van der Waals surface area contributed by atoms with Crippen LogP contribution >= 0.6 is 0 Å². The van der Waals surface area contributed by atoms with Crippen LogP contribution in [-0.2, 0) is 6.54 Å². The van der Waals surface area contributed by atoms with E-state index in [-0.39, 0.29) is 0 Å². The van der Waals surface area contributed by atoms with E-state index in [4.69, 9.17) is 0 Å². The number of aromatic nitrogens is 2. The fraction of sp³-hybridized carbons (Fsp3) is 0.750. The Kier molecular flexibility index (Phi) is 6.92. The van der Waals surface area contributed by atoms with Gasteiger partial charge in [0.2, 0.25) is 0 Å². The summed E-state index contributed by atoms with van der Waals surface area (Å²) < 4.78 is 1.98. The summed E-state index contributed by atoms with van der Waals surface area (Å²) in [5, 5.41) is 7.63. The lowest BCUT2D eigenvalue weighted by molar-refractivity contribution is 0.530. The SMILES string of the molecule is CCCCCCNCCCn1cccn1. The average molecular weight is 209 g/mol. The van der Waals surface area contributed by atoms with Crippen LogP contribution in [0, 0.1) is 0 Å². The van der Waals surface area contributed by atoms with Gasteiger partial charge in [0.05, 0.1) is 0 Å². The number of aryl methyl sites for hydroxylation is 1. The minimum atomic E-state index is 1.02. The number of nitrogens with one attached hydrogen (secondary N) is 1. The van der Waals surface area contributed by atoms with Gasteiger partial charge in [-0.3, -0.25) is 4.68 Å². The van der Waals surface area contributed by atoms with Crippen molar-refractivity contribution in [1.29, 1.82) is 0 Å². The smallest absolute Gasteiger partial charge is 0.0489 e. The molecule has 15 heavy (non-hydrogen) atoms. The van der Waals surface area contributed by atoms with E-state index in [9.17, 15) is 0 Å². The molecule has 0 spiro atoms. The summed E-state index contributed by atoms with van der Waals surface area (Å²) in [6.45, 7) is 5.54. The molecule has 0 amide bonds. The van der Waals surface area contributed by atoms with Crippen molar-refractivity contribution in [3.63, 3.8) is 0 Å². The summed E-state index contributed by atoms with van der Waals surface area (Å²) in [6.07, 6.45) is 10.4. The highest BCUT2D eigenvalue weighted by Gasteiger charge is 1.91. The molecular weight excluding hydrogens is 186 g/mol. The highest BCUT2D eigenvalue weighted by atomic mass is 15.3. The van der Waals surface area contributed by atoms with Crippen molar-refractivity contribution in [3.8, 4) is 0 Å². The van der Waals surface area contributed by atoms with Gasteiger partial charge in [-0.05, 0) is 32.0 Å². The summed E-state index contributed by atoms with van der Waals surface area (Å²) in [7, 11) is 0. The fourth-order valence-corrected chi connectivity index (χ4v) is 1.60. The van der Waals surface area contributed by atoms with Gasteiger partial charge in [-0.15, -0.1) is 0 Å². The Balaban J connectivity index is 1.81. The molecule has 86 valence electrons. The average Bonchev–Trinajstić information content (AvgIpc) is 2.75. The van der Waals surface area contributed by atoms with E-state index in [1.165, 1.54) is 32.2 Å². The van der Waals surface area contributed by atoms with Gasteiger partial charge in [-0.1, -0.05) is 26.2 Å². The van der Waals surface area contributed by atoms with Crippen LogP contribution in [0.4, 0.5) is 0 Å². The Morgan fingerprint density at radius 1 is 1.13 bits per heavy atom. The molecule has 1 heterocycles. The van der Waals surface area contributed by atoms with E-state index in [1.807, 2.05) is 23.1 Å². The molecule has 1 aromatic heterocycles. The van der Waals surface area contributed by atoms with Crippen LogP contribution in [0.5, 0.6) is 0 Å². The Morgan fingerprint density at radius 2 is 2.00 bits per heavy atom. The Bertz CT molecular complexity index is 219. The van der Waals surface area contributed by atoms with E-state index in [0.29, 0.717) is 0 Å². The first-order chi connectivity index (χ1) is 7.43. The van der Waals surface area contributed by atoms with Crippen molar-refractivity contribution in [2.75, 3.05) is 13.1 Å². The summed E-state index contributed by atoms with van der Waals surface area (Å²) >= 11 is 0. The number of rotatable bonds is 9. The standard InChI is InChI=1S/C12H23N3/c1-2-3-4-5-8-13-9-6-11-15-12-7-10-14-15/h7,10,12-13H,2-6,8-9,11H2,1H3. The van der Waals surface area contributed by atoms with Crippen LogP contribution in [0.1, 0.15) is 39.0 Å². The predicted molar refractivity (Wildman–Crippen MR) is 63.9 cm³/mol. The molecule has 0 radical (unpaired) electrons. The zero-order valence-corrected chi connectivity index (χ0v) is 9.78. The van der Waals surface area contributed by atoms with Crippen LogP contribution < -0.4 is 5.32 Å². The van der Waals surface area contributed by atoms with Gasteiger partial charge in [0.1, 0.15) is 0 Å². The summed E-state index contributed by atoms with van der Waals surface area (Å²) in [4.78, 5) is 0. The monoisotopic (exact) mass is 209 g/mol. The number of unbranched alkanes of at least 4 members (excludes halogenated alkanes) is 3. The van der Waals surface area contributed by atoms with Gasteiger partial charge >= 0.3 is 0 Å². The zero-order chi connectivity index (χ0) is 10.8. The Labute approximate surface area is 92.9 Å². The van der Waals surface area contributed by atoms with Crippen LogP contribution in [0.15, 0.2) is 18.5 Å². The van der Waals surface area contributed by atoms with Gasteiger partial charge < -0.3 is 5.32 Å². The molecule has 0 atom stereocenters. The second-order valence-electron chi connectivity index (χ2n) is 3.93. The maximum absolute atomic E-state index is 4.16. The lowest BCUT2D eigenvalue weighted by atomic mass is 10.2. The van der Waals surface area contributed by atoms with E-state index in [2.05, 4.69) is 17.3 Å². The van der Waals surface area contributed by atoms with Crippen molar-refractivity contribution in [1.82, 2.24) is 15.1 Å². The van der Waals surface area contributed by atoms with Crippen LogP contribution in [0.2, 0.25) is 0 Å². The largest absolute Gasteiger partial charge is 0.317 e. The molecule has 0 saturated carbocycles. The number of hydrogen-bond acceptors (Lipinski definition) is 2. The quantitative estimate of drug-likeness (QED) is 0.633. The molecule has 0 bridgehead atoms. The summed E-state index contributed by atoms with van der Waals surface area (Å²) in [6, 6.07) is 1.97. The third-order valence-corrected chi connectivity index (χ3v) is 2.51. The van der Waals surface area contributed by atoms with Gasteiger partial charge in [0.25, 0.3) is 0 Å². The molecule has 3 heteroatoms. The van der Waals surface area contributed by atoms with Gasteiger partial charge in [-0.2, -0.15) is 5.10 Å². The molecular formula is C12H23N3. The van der Waals surface area contributed by atoms with E-state index >= 15 is 0 Å². The van der Waals surface area contributed by atoms with Crippen molar-refractivity contribution in [3.05, 3.63) is 18.5 Å². The molecule has 0 aromatic carbocycles. The number of nitrogens with zero attached hydrogens (tertiary/aromatic N) is 2. The molecule has 1 aromatic rings. The highest BCUT2D eigenvalue weighted by Crippen LogP contribution is 1.97. The van der Waals surface area contributed by atoms with E-state index in [1.54, 1.807) is 0 Å². The van der Waals surface area contributed by atoms with Crippen molar-refractivity contribution in [2.45, 2.75) is 45.6 Å². The van der Waals surface area contributed by atoms with Gasteiger partial charge in [0.15, 0.2) is 0 Å². The molecule has 0 fully saturated rings. The first kappa shape index (κ1) is 12.2. The summed E-state index contributed by atoms with van der Waals surface area (Å²) in [5.74, 6) is 0. The van der Waals surface area contributed by atoms with Gasteiger partial charge in [-0.25, -0.2) is 0 Å². The van der Waals surface area contributed by atoms with Crippen LogP contribution in [-0.4, -0.2) is 22.9 Å². The molecule has 0 aliphatic heterocycles. The second-order valence-corrected chi connectivity index (χ2v) is 3.93. The molecule has 0 saturated heterocycles.